The zero-order chi connectivity index (χ0) is 18.5. The van der Waals surface area contributed by atoms with Crippen molar-refractivity contribution in [3.63, 3.8) is 0 Å². The van der Waals surface area contributed by atoms with Crippen molar-refractivity contribution in [3.05, 3.63) is 58.7 Å². The molecule has 1 aliphatic rings. The summed E-state index contributed by atoms with van der Waals surface area (Å²) in [6.07, 6.45) is 9.59. The van der Waals surface area contributed by atoms with Crippen LogP contribution >= 0.6 is 0 Å². The molecule has 0 aromatic heterocycles. The van der Waals surface area contributed by atoms with E-state index in [1.165, 1.54) is 66.3 Å². The summed E-state index contributed by atoms with van der Waals surface area (Å²) in [4.78, 5) is 11.6. The van der Waals surface area contributed by atoms with Gasteiger partial charge in [0.15, 0.2) is 0 Å². The van der Waals surface area contributed by atoms with Crippen molar-refractivity contribution < 1.29 is 9.90 Å². The van der Waals surface area contributed by atoms with Gasteiger partial charge in [0.25, 0.3) is 0 Å². The number of benzene rings is 2. The van der Waals surface area contributed by atoms with E-state index in [1.54, 1.807) is 0 Å². The van der Waals surface area contributed by atoms with E-state index in [-0.39, 0.29) is 0 Å². The molecule has 138 valence electrons. The Hall–Kier alpha value is -2.09. The van der Waals surface area contributed by atoms with Crippen LogP contribution in [0, 0.1) is 0 Å². The molecule has 2 nitrogen and oxygen atoms in total. The van der Waals surface area contributed by atoms with Gasteiger partial charge in [0, 0.05) is 0 Å². The van der Waals surface area contributed by atoms with E-state index in [9.17, 15) is 9.90 Å². The molecule has 0 saturated carbocycles. The first-order valence-corrected chi connectivity index (χ1v) is 10.1. The zero-order valence-electron chi connectivity index (χ0n) is 16.1. The first-order valence-electron chi connectivity index (χ1n) is 10.1. The number of hydrogen-bond acceptors (Lipinski definition) is 1. The molecular weight excluding hydrogens is 320 g/mol. The molecule has 1 N–H and O–H groups in total. The molecule has 0 radical (unpaired) electrons. The fraction of sp³-hybridized carbons (Fsp3) is 0.458. The van der Waals surface area contributed by atoms with Crippen LogP contribution in [0.3, 0.4) is 0 Å². The Kier molecular flexibility index (Phi) is 6.13. The summed E-state index contributed by atoms with van der Waals surface area (Å²) in [6, 6.07) is 13.0. The highest BCUT2D eigenvalue weighted by Crippen LogP contribution is 2.41. The minimum absolute atomic E-state index is 0.456. The molecule has 2 aromatic carbocycles. The lowest BCUT2D eigenvalue weighted by atomic mass is 9.89. The van der Waals surface area contributed by atoms with Gasteiger partial charge in [-0.1, -0.05) is 75.4 Å². The van der Waals surface area contributed by atoms with E-state index in [0.29, 0.717) is 0 Å². The highest BCUT2D eigenvalue weighted by molar-refractivity contribution is 5.83. The fourth-order valence-corrected chi connectivity index (χ4v) is 4.09. The van der Waals surface area contributed by atoms with Crippen LogP contribution in [0.2, 0.25) is 0 Å². The van der Waals surface area contributed by atoms with Gasteiger partial charge in [0.1, 0.15) is 0 Å². The molecule has 26 heavy (non-hydrogen) atoms. The molecule has 0 heterocycles. The first kappa shape index (κ1) is 18.7. The summed E-state index contributed by atoms with van der Waals surface area (Å²) in [6.45, 7) is 4.06. The predicted molar refractivity (Wildman–Crippen MR) is 108 cm³/mol. The molecule has 1 aliphatic carbocycles. The Balaban J connectivity index is 1.83. The van der Waals surface area contributed by atoms with E-state index in [1.807, 2.05) is 6.92 Å². The Labute approximate surface area is 157 Å². The van der Waals surface area contributed by atoms with Crippen LogP contribution in [-0.2, 0) is 17.6 Å². The molecule has 3 rings (SSSR count). The second kappa shape index (κ2) is 8.53. The molecule has 1 atom stereocenters. The third kappa shape index (κ3) is 4.00. The van der Waals surface area contributed by atoms with Crippen LogP contribution in [0.5, 0.6) is 0 Å². The second-order valence-corrected chi connectivity index (χ2v) is 7.62. The molecule has 0 saturated heterocycles. The SMILES string of the molecule is CCCCCCCCc1cc2c(c(C(C)C(=O)O)c1)Cc1ccccc1-2. The number of fused-ring (bicyclic) bond motifs is 3. The average molecular weight is 351 g/mol. The number of carbonyl (C=O) groups is 1. The van der Waals surface area contributed by atoms with E-state index >= 15 is 0 Å². The van der Waals surface area contributed by atoms with Crippen molar-refractivity contribution in [2.24, 2.45) is 0 Å². The van der Waals surface area contributed by atoms with Gasteiger partial charge in [-0.15, -0.1) is 0 Å². The van der Waals surface area contributed by atoms with Crippen molar-refractivity contribution in [2.45, 2.75) is 71.1 Å². The number of unbranched alkanes of at least 4 members (excludes halogenated alkanes) is 5. The van der Waals surface area contributed by atoms with Gasteiger partial charge in [0.2, 0.25) is 0 Å². The van der Waals surface area contributed by atoms with Crippen LogP contribution in [-0.4, -0.2) is 11.1 Å². The van der Waals surface area contributed by atoms with Crippen molar-refractivity contribution >= 4 is 5.97 Å². The summed E-state index contributed by atoms with van der Waals surface area (Å²) in [7, 11) is 0. The van der Waals surface area contributed by atoms with Gasteiger partial charge in [0.05, 0.1) is 5.92 Å². The lowest BCUT2D eigenvalue weighted by Gasteiger charge is -2.15. The minimum Gasteiger partial charge on any atom is -0.481 e. The number of rotatable bonds is 9. The van der Waals surface area contributed by atoms with E-state index in [4.69, 9.17) is 0 Å². The Morgan fingerprint density at radius 2 is 1.77 bits per heavy atom. The monoisotopic (exact) mass is 350 g/mol. The Morgan fingerprint density at radius 3 is 2.54 bits per heavy atom. The van der Waals surface area contributed by atoms with Gasteiger partial charge in [-0.2, -0.15) is 0 Å². The second-order valence-electron chi connectivity index (χ2n) is 7.62. The van der Waals surface area contributed by atoms with Gasteiger partial charge in [-0.3, -0.25) is 4.79 Å². The Bertz CT molecular complexity index is 776. The molecule has 1 unspecified atom stereocenters. The lowest BCUT2D eigenvalue weighted by molar-refractivity contribution is -0.138. The number of hydrogen-bond donors (Lipinski definition) is 1. The summed E-state index contributed by atoms with van der Waals surface area (Å²) in [5.41, 5.74) is 7.37. The van der Waals surface area contributed by atoms with Gasteiger partial charge in [-0.05, 0) is 59.6 Å². The van der Waals surface area contributed by atoms with Crippen LogP contribution in [0.25, 0.3) is 11.1 Å². The summed E-state index contributed by atoms with van der Waals surface area (Å²) in [5, 5.41) is 9.57. The maximum atomic E-state index is 11.6. The maximum absolute atomic E-state index is 11.6. The standard InChI is InChI=1S/C24H30O2/c1-3-4-5-6-7-8-11-18-14-21(17(2)24(25)26)23-16-19-12-9-10-13-20(19)22(23)15-18/h9-10,12-15,17H,3-8,11,16H2,1-2H3,(H,25,26). The van der Waals surface area contributed by atoms with Gasteiger partial charge in [-0.25, -0.2) is 0 Å². The largest absolute Gasteiger partial charge is 0.481 e. The fourth-order valence-electron chi connectivity index (χ4n) is 4.09. The number of carboxylic acids is 1. The highest BCUT2D eigenvalue weighted by atomic mass is 16.4. The lowest BCUT2D eigenvalue weighted by Crippen LogP contribution is -2.10. The quantitative estimate of drug-likeness (QED) is 0.457. The van der Waals surface area contributed by atoms with E-state index < -0.39 is 11.9 Å². The normalized spacial score (nSPS) is 13.3. The number of aliphatic carboxylic acids is 1. The molecule has 0 amide bonds. The minimum atomic E-state index is -0.736. The Morgan fingerprint density at radius 1 is 1.04 bits per heavy atom. The van der Waals surface area contributed by atoms with Gasteiger partial charge >= 0.3 is 5.97 Å². The molecule has 2 heteroatoms. The molecule has 0 aliphatic heterocycles. The topological polar surface area (TPSA) is 37.3 Å². The zero-order valence-corrected chi connectivity index (χ0v) is 16.1. The number of carboxylic acid groups (broad SMARTS) is 1. The van der Waals surface area contributed by atoms with Crippen molar-refractivity contribution in [1.29, 1.82) is 0 Å². The molecule has 0 bridgehead atoms. The van der Waals surface area contributed by atoms with E-state index in [2.05, 4.69) is 43.3 Å². The summed E-state index contributed by atoms with van der Waals surface area (Å²) in [5.74, 6) is -1.19. The van der Waals surface area contributed by atoms with Crippen LogP contribution < -0.4 is 0 Å². The van der Waals surface area contributed by atoms with Gasteiger partial charge < -0.3 is 5.11 Å². The van der Waals surface area contributed by atoms with Crippen LogP contribution in [0.1, 0.15) is 80.5 Å². The van der Waals surface area contributed by atoms with Crippen molar-refractivity contribution in [1.82, 2.24) is 0 Å². The molecule has 0 fully saturated rings. The molecular formula is C24H30O2. The highest BCUT2D eigenvalue weighted by Gasteiger charge is 2.26. The third-order valence-corrected chi connectivity index (χ3v) is 5.67. The average Bonchev–Trinajstić information content (AvgIpc) is 3.02. The number of aryl methyl sites for hydroxylation is 1. The predicted octanol–water partition coefficient (Wildman–Crippen LogP) is 6.35. The smallest absolute Gasteiger partial charge is 0.310 e. The molecule has 2 aromatic rings. The first-order chi connectivity index (χ1) is 12.6. The maximum Gasteiger partial charge on any atom is 0.310 e. The molecule has 0 spiro atoms. The third-order valence-electron chi connectivity index (χ3n) is 5.67. The van der Waals surface area contributed by atoms with E-state index in [0.717, 1.165) is 18.4 Å². The summed E-state index contributed by atoms with van der Waals surface area (Å²) >= 11 is 0. The van der Waals surface area contributed by atoms with Crippen molar-refractivity contribution in [2.75, 3.05) is 0 Å². The van der Waals surface area contributed by atoms with Crippen molar-refractivity contribution in [3.8, 4) is 11.1 Å². The van der Waals surface area contributed by atoms with Crippen LogP contribution in [0.4, 0.5) is 0 Å². The van der Waals surface area contributed by atoms with Crippen LogP contribution in [0.15, 0.2) is 36.4 Å². The summed E-state index contributed by atoms with van der Waals surface area (Å²) < 4.78 is 0.